The van der Waals surface area contributed by atoms with Gasteiger partial charge in [0.05, 0.1) is 0 Å². The highest BCUT2D eigenvalue weighted by atomic mass is 14.7. The second kappa shape index (κ2) is 4.07. The molecule has 15 heavy (non-hydrogen) atoms. The van der Waals surface area contributed by atoms with E-state index in [0.717, 1.165) is 12.8 Å². The molecular formula is C13H18N2. The number of nitrogens with two attached hydrogens (primary N) is 1. The Hall–Kier alpha value is -1.28. The number of H-pyrrole nitrogens is 1. The van der Waals surface area contributed by atoms with Gasteiger partial charge in [-0.25, -0.2) is 0 Å². The van der Waals surface area contributed by atoms with Crippen LogP contribution in [-0.2, 0) is 12.8 Å². The summed E-state index contributed by atoms with van der Waals surface area (Å²) in [5.74, 6) is 0. The zero-order valence-corrected chi connectivity index (χ0v) is 9.43. The molecule has 0 spiro atoms. The van der Waals surface area contributed by atoms with Crippen LogP contribution in [0.2, 0.25) is 0 Å². The molecule has 1 heterocycles. The monoisotopic (exact) mass is 202 g/mol. The Bertz CT molecular complexity index is 469. The number of benzene rings is 1. The third kappa shape index (κ3) is 1.77. The molecule has 2 heteroatoms. The van der Waals surface area contributed by atoms with Crippen LogP contribution in [0.4, 0.5) is 0 Å². The molecule has 2 aromatic rings. The average Bonchev–Trinajstić information content (AvgIpc) is 2.55. The van der Waals surface area contributed by atoms with Crippen LogP contribution in [0, 0.1) is 6.92 Å². The summed E-state index contributed by atoms with van der Waals surface area (Å²) in [6.45, 7) is 5.01. The molecule has 0 saturated carbocycles. The first-order chi connectivity index (χ1) is 7.26. The van der Waals surface area contributed by atoms with Gasteiger partial charge in [0.2, 0.25) is 0 Å². The number of aromatic amines is 1. The van der Waals surface area contributed by atoms with Gasteiger partial charge >= 0.3 is 0 Å². The van der Waals surface area contributed by atoms with Gasteiger partial charge in [-0.1, -0.05) is 19.1 Å². The van der Waals surface area contributed by atoms with Gasteiger partial charge in [-0.2, -0.15) is 0 Å². The molecule has 0 fully saturated rings. The lowest BCUT2D eigenvalue weighted by Gasteiger charge is -1.99. The van der Waals surface area contributed by atoms with Crippen molar-refractivity contribution in [2.24, 2.45) is 5.73 Å². The lowest BCUT2D eigenvalue weighted by molar-refractivity contribution is 0.963. The Labute approximate surface area is 90.5 Å². The Kier molecular flexibility index (Phi) is 2.78. The van der Waals surface area contributed by atoms with Crippen molar-refractivity contribution >= 4 is 10.9 Å². The maximum atomic E-state index is 5.62. The van der Waals surface area contributed by atoms with E-state index in [1.165, 1.54) is 27.7 Å². The van der Waals surface area contributed by atoms with Crippen LogP contribution in [0.15, 0.2) is 18.2 Å². The summed E-state index contributed by atoms with van der Waals surface area (Å²) in [6, 6.07) is 6.65. The van der Waals surface area contributed by atoms with Crippen molar-refractivity contribution in [3.05, 3.63) is 35.0 Å². The van der Waals surface area contributed by atoms with Crippen molar-refractivity contribution in [2.45, 2.75) is 26.7 Å². The molecule has 2 nitrogen and oxygen atoms in total. The summed E-state index contributed by atoms with van der Waals surface area (Å²) in [7, 11) is 0. The van der Waals surface area contributed by atoms with Crippen molar-refractivity contribution in [1.82, 2.24) is 4.98 Å². The molecule has 1 aromatic carbocycles. The molecule has 80 valence electrons. The Morgan fingerprint density at radius 1 is 1.33 bits per heavy atom. The van der Waals surface area contributed by atoms with Gasteiger partial charge in [0.25, 0.3) is 0 Å². The standard InChI is InChI=1S/C13H18N2/c1-3-10-4-5-12-11(6-7-14)9(2)15-13(12)8-10/h4-5,8,15H,3,6-7,14H2,1-2H3. The van der Waals surface area contributed by atoms with Crippen molar-refractivity contribution in [1.29, 1.82) is 0 Å². The van der Waals surface area contributed by atoms with Crippen molar-refractivity contribution in [3.63, 3.8) is 0 Å². The number of hydrogen-bond donors (Lipinski definition) is 2. The second-order valence-corrected chi connectivity index (χ2v) is 4.00. The summed E-state index contributed by atoms with van der Waals surface area (Å²) in [5, 5.41) is 1.33. The van der Waals surface area contributed by atoms with Crippen LogP contribution < -0.4 is 5.73 Å². The van der Waals surface area contributed by atoms with Crippen LogP contribution in [0.25, 0.3) is 10.9 Å². The topological polar surface area (TPSA) is 41.8 Å². The fourth-order valence-corrected chi connectivity index (χ4v) is 2.12. The number of aromatic nitrogens is 1. The Balaban J connectivity index is 2.58. The van der Waals surface area contributed by atoms with E-state index in [-0.39, 0.29) is 0 Å². The Morgan fingerprint density at radius 2 is 2.13 bits per heavy atom. The van der Waals surface area contributed by atoms with E-state index in [9.17, 15) is 0 Å². The van der Waals surface area contributed by atoms with Crippen LogP contribution in [-0.4, -0.2) is 11.5 Å². The summed E-state index contributed by atoms with van der Waals surface area (Å²) >= 11 is 0. The van der Waals surface area contributed by atoms with Crippen LogP contribution >= 0.6 is 0 Å². The number of aryl methyl sites for hydroxylation is 2. The second-order valence-electron chi connectivity index (χ2n) is 4.00. The van der Waals surface area contributed by atoms with Gasteiger partial charge in [0.15, 0.2) is 0 Å². The first-order valence-corrected chi connectivity index (χ1v) is 5.56. The van der Waals surface area contributed by atoms with Crippen LogP contribution in [0.3, 0.4) is 0 Å². The third-order valence-electron chi connectivity index (χ3n) is 2.99. The van der Waals surface area contributed by atoms with Crippen LogP contribution in [0.1, 0.15) is 23.7 Å². The van der Waals surface area contributed by atoms with Crippen molar-refractivity contribution in [2.75, 3.05) is 6.54 Å². The predicted molar refractivity (Wildman–Crippen MR) is 65.2 cm³/mol. The van der Waals surface area contributed by atoms with Gasteiger partial charge in [-0.05, 0) is 43.5 Å². The highest BCUT2D eigenvalue weighted by Gasteiger charge is 2.07. The quantitative estimate of drug-likeness (QED) is 0.789. The summed E-state index contributed by atoms with van der Waals surface area (Å²) in [4.78, 5) is 3.43. The third-order valence-corrected chi connectivity index (χ3v) is 2.99. The minimum atomic E-state index is 0.712. The van der Waals surface area contributed by atoms with E-state index < -0.39 is 0 Å². The molecule has 0 aliphatic rings. The van der Waals surface area contributed by atoms with E-state index in [4.69, 9.17) is 5.73 Å². The molecule has 3 N–H and O–H groups in total. The van der Waals surface area contributed by atoms with Gasteiger partial charge in [-0.3, -0.25) is 0 Å². The van der Waals surface area contributed by atoms with Gasteiger partial charge in [0.1, 0.15) is 0 Å². The minimum absolute atomic E-state index is 0.712. The van der Waals surface area contributed by atoms with E-state index >= 15 is 0 Å². The molecule has 0 amide bonds. The molecule has 0 radical (unpaired) electrons. The molecule has 0 aliphatic carbocycles. The minimum Gasteiger partial charge on any atom is -0.358 e. The highest BCUT2D eigenvalue weighted by Crippen LogP contribution is 2.23. The smallest absolute Gasteiger partial charge is 0.0461 e. The molecule has 2 rings (SSSR count). The van der Waals surface area contributed by atoms with Crippen molar-refractivity contribution < 1.29 is 0 Å². The van der Waals surface area contributed by atoms with Gasteiger partial charge in [0, 0.05) is 16.6 Å². The lowest BCUT2D eigenvalue weighted by Crippen LogP contribution is -2.03. The molecule has 0 aliphatic heterocycles. The van der Waals surface area contributed by atoms with E-state index in [1.807, 2.05) is 0 Å². The molecule has 0 atom stereocenters. The average molecular weight is 202 g/mol. The maximum absolute atomic E-state index is 5.62. The SMILES string of the molecule is CCc1ccc2c(CCN)c(C)[nH]c2c1. The first kappa shape index (κ1) is 10.2. The normalized spacial score (nSPS) is 11.1. The van der Waals surface area contributed by atoms with Gasteiger partial charge < -0.3 is 10.7 Å². The molecule has 0 bridgehead atoms. The van der Waals surface area contributed by atoms with E-state index in [2.05, 4.69) is 37.0 Å². The number of hydrogen-bond acceptors (Lipinski definition) is 1. The number of rotatable bonds is 3. The predicted octanol–water partition coefficient (Wildman–Crippen LogP) is 2.54. The molecule has 0 unspecified atom stereocenters. The fraction of sp³-hybridized carbons (Fsp3) is 0.385. The largest absolute Gasteiger partial charge is 0.358 e. The first-order valence-electron chi connectivity index (χ1n) is 5.56. The summed E-state index contributed by atoms with van der Waals surface area (Å²) in [6.07, 6.45) is 2.04. The van der Waals surface area contributed by atoms with Crippen LogP contribution in [0.5, 0.6) is 0 Å². The molecular weight excluding hydrogens is 184 g/mol. The Morgan fingerprint density at radius 3 is 2.80 bits per heavy atom. The van der Waals surface area contributed by atoms with E-state index in [1.54, 1.807) is 0 Å². The fourth-order valence-electron chi connectivity index (χ4n) is 2.12. The van der Waals surface area contributed by atoms with Crippen molar-refractivity contribution in [3.8, 4) is 0 Å². The number of nitrogens with one attached hydrogen (secondary N) is 1. The summed E-state index contributed by atoms with van der Waals surface area (Å²) in [5.41, 5.74) is 10.9. The molecule has 0 saturated heterocycles. The summed E-state index contributed by atoms with van der Waals surface area (Å²) < 4.78 is 0. The zero-order chi connectivity index (χ0) is 10.8. The van der Waals surface area contributed by atoms with Gasteiger partial charge in [-0.15, -0.1) is 0 Å². The highest BCUT2D eigenvalue weighted by molar-refractivity contribution is 5.85. The lowest BCUT2D eigenvalue weighted by atomic mass is 10.1. The van der Waals surface area contributed by atoms with E-state index in [0.29, 0.717) is 6.54 Å². The molecule has 1 aromatic heterocycles. The maximum Gasteiger partial charge on any atom is 0.0461 e. The zero-order valence-electron chi connectivity index (χ0n) is 9.43. The number of fused-ring (bicyclic) bond motifs is 1.